The number of aromatic nitrogens is 1. The number of hydrogen-bond acceptors (Lipinski definition) is 5. The van der Waals surface area contributed by atoms with Gasteiger partial charge in [-0.05, 0) is 69.9 Å². The molecule has 4 atom stereocenters. The zero-order chi connectivity index (χ0) is 27.0. The molecule has 0 radical (unpaired) electrons. The van der Waals surface area contributed by atoms with Gasteiger partial charge in [-0.1, -0.05) is 18.2 Å². The van der Waals surface area contributed by atoms with E-state index in [1.807, 2.05) is 24.3 Å². The third kappa shape index (κ3) is 5.44. The molecule has 202 valence electrons. The van der Waals surface area contributed by atoms with E-state index < -0.39 is 35.6 Å². The standard InChI is InChI=1S/C28H35N5O5/c1-15(2)30-27(37)24(34)21(12-18-9-10-29-25(18)35)32-26(36)23-13-19(16-7-8-16)14-33(23)28(38)22-11-17-5-3-4-6-20(17)31-22/h3-6,11,15-16,18-19,21,23,31H,7-10,12-14H2,1-2H3,(H,29,35)(H,30,37)(H,32,36). The smallest absolute Gasteiger partial charge is 0.289 e. The molecule has 2 aromatic rings. The molecule has 3 aliphatic rings. The lowest BCUT2D eigenvalue weighted by atomic mass is 9.94. The first-order chi connectivity index (χ1) is 18.2. The van der Waals surface area contributed by atoms with Crippen LogP contribution in [0.4, 0.5) is 0 Å². The average molecular weight is 522 g/mol. The summed E-state index contributed by atoms with van der Waals surface area (Å²) >= 11 is 0. The molecule has 0 bridgehead atoms. The van der Waals surface area contributed by atoms with Crippen molar-refractivity contribution >= 4 is 40.3 Å². The highest BCUT2D eigenvalue weighted by atomic mass is 16.2. The maximum Gasteiger partial charge on any atom is 0.289 e. The van der Waals surface area contributed by atoms with Crippen LogP contribution < -0.4 is 16.0 Å². The van der Waals surface area contributed by atoms with Crippen LogP contribution in [0.3, 0.4) is 0 Å². The molecule has 4 unspecified atom stereocenters. The summed E-state index contributed by atoms with van der Waals surface area (Å²) in [6.07, 6.45) is 3.24. The Balaban J connectivity index is 1.36. The normalized spacial score (nSPS) is 23.9. The number of fused-ring (bicyclic) bond motifs is 1. The number of nitrogens with zero attached hydrogens (tertiary/aromatic N) is 1. The van der Waals surface area contributed by atoms with Crippen molar-refractivity contribution in [2.24, 2.45) is 17.8 Å². The molecule has 2 saturated heterocycles. The molecule has 4 amide bonds. The van der Waals surface area contributed by atoms with Crippen LogP contribution in [-0.4, -0.2) is 70.5 Å². The molecule has 10 heteroatoms. The summed E-state index contributed by atoms with van der Waals surface area (Å²) in [5.74, 6) is -2.27. The monoisotopic (exact) mass is 521 g/mol. The predicted molar refractivity (Wildman–Crippen MR) is 140 cm³/mol. The highest BCUT2D eigenvalue weighted by Crippen LogP contribution is 2.43. The molecular weight excluding hydrogens is 486 g/mol. The Labute approximate surface area is 221 Å². The fraction of sp³-hybridized carbons (Fsp3) is 0.536. The molecule has 0 spiro atoms. The molecule has 1 aromatic carbocycles. The van der Waals surface area contributed by atoms with Crippen LogP contribution in [0.25, 0.3) is 10.9 Å². The molecule has 2 aliphatic heterocycles. The van der Waals surface area contributed by atoms with Crippen LogP contribution in [0.5, 0.6) is 0 Å². The molecule has 38 heavy (non-hydrogen) atoms. The van der Waals surface area contributed by atoms with Crippen LogP contribution in [0, 0.1) is 17.8 Å². The van der Waals surface area contributed by atoms with Crippen LogP contribution >= 0.6 is 0 Å². The van der Waals surface area contributed by atoms with Crippen LogP contribution in [0.15, 0.2) is 30.3 Å². The van der Waals surface area contributed by atoms with Gasteiger partial charge < -0.3 is 25.8 Å². The van der Waals surface area contributed by atoms with E-state index in [0.717, 1.165) is 23.7 Å². The van der Waals surface area contributed by atoms with Crippen LogP contribution in [0.2, 0.25) is 0 Å². The Bertz CT molecular complexity index is 1230. The number of carbonyl (C=O) groups excluding carboxylic acids is 5. The average Bonchev–Trinajstić information content (AvgIpc) is 3.30. The third-order valence-electron chi connectivity index (χ3n) is 7.91. The van der Waals surface area contributed by atoms with Gasteiger partial charge in [0.2, 0.25) is 17.6 Å². The first-order valence-electron chi connectivity index (χ1n) is 13.5. The van der Waals surface area contributed by atoms with Gasteiger partial charge in [0, 0.05) is 36.0 Å². The van der Waals surface area contributed by atoms with Gasteiger partial charge in [-0.25, -0.2) is 0 Å². The molecule has 1 aromatic heterocycles. The highest BCUT2D eigenvalue weighted by Gasteiger charge is 2.46. The maximum absolute atomic E-state index is 13.7. The van der Waals surface area contributed by atoms with Crippen molar-refractivity contribution in [2.45, 2.75) is 64.1 Å². The van der Waals surface area contributed by atoms with Gasteiger partial charge in [-0.3, -0.25) is 24.0 Å². The molecule has 4 N–H and O–H groups in total. The number of para-hydroxylation sites is 1. The predicted octanol–water partition coefficient (Wildman–Crippen LogP) is 1.51. The van der Waals surface area contributed by atoms with E-state index in [1.54, 1.807) is 24.8 Å². The van der Waals surface area contributed by atoms with E-state index >= 15 is 0 Å². The first-order valence-corrected chi connectivity index (χ1v) is 13.5. The van der Waals surface area contributed by atoms with Crippen molar-refractivity contribution in [2.75, 3.05) is 13.1 Å². The summed E-state index contributed by atoms with van der Waals surface area (Å²) in [5.41, 5.74) is 1.25. The molecule has 1 aliphatic carbocycles. The first kappa shape index (κ1) is 25.9. The number of Topliss-reactive ketones (excluding diaryl/α,β-unsaturated/α-hetero) is 1. The van der Waals surface area contributed by atoms with Crippen LogP contribution in [-0.2, 0) is 19.2 Å². The number of nitrogens with one attached hydrogen (secondary N) is 4. The second-order valence-electron chi connectivity index (χ2n) is 11.1. The van der Waals surface area contributed by atoms with Crippen molar-refractivity contribution < 1.29 is 24.0 Å². The van der Waals surface area contributed by atoms with E-state index in [9.17, 15) is 24.0 Å². The third-order valence-corrected chi connectivity index (χ3v) is 7.91. The highest BCUT2D eigenvalue weighted by molar-refractivity contribution is 6.38. The molecular formula is C28H35N5O5. The summed E-state index contributed by atoms with van der Waals surface area (Å²) in [7, 11) is 0. The van der Waals surface area contributed by atoms with Gasteiger partial charge in [-0.15, -0.1) is 0 Å². The topological polar surface area (TPSA) is 140 Å². The minimum atomic E-state index is -1.15. The number of aromatic amines is 1. The molecule has 3 heterocycles. The zero-order valence-electron chi connectivity index (χ0n) is 21.8. The molecule has 5 rings (SSSR count). The number of hydrogen-bond donors (Lipinski definition) is 4. The fourth-order valence-corrected chi connectivity index (χ4v) is 5.74. The van der Waals surface area contributed by atoms with Gasteiger partial charge in [0.1, 0.15) is 11.7 Å². The van der Waals surface area contributed by atoms with E-state index in [0.29, 0.717) is 37.5 Å². The van der Waals surface area contributed by atoms with E-state index in [1.165, 1.54) is 0 Å². The van der Waals surface area contributed by atoms with Crippen molar-refractivity contribution in [3.05, 3.63) is 36.0 Å². The van der Waals surface area contributed by atoms with Gasteiger partial charge >= 0.3 is 0 Å². The summed E-state index contributed by atoms with van der Waals surface area (Å²) in [5, 5.41) is 9.00. The minimum Gasteiger partial charge on any atom is -0.356 e. The van der Waals surface area contributed by atoms with Gasteiger partial charge in [0.25, 0.3) is 11.8 Å². The second kappa shape index (κ2) is 10.6. The fourth-order valence-electron chi connectivity index (χ4n) is 5.74. The summed E-state index contributed by atoms with van der Waals surface area (Å²) < 4.78 is 0. The van der Waals surface area contributed by atoms with Gasteiger partial charge in [0.15, 0.2) is 0 Å². The number of benzene rings is 1. The number of H-pyrrole nitrogens is 1. The molecule has 3 fully saturated rings. The minimum absolute atomic E-state index is 0.0384. The number of ketones is 1. The van der Waals surface area contributed by atoms with E-state index in [2.05, 4.69) is 20.9 Å². The Hall–Kier alpha value is -3.69. The van der Waals surface area contributed by atoms with Gasteiger partial charge in [0.05, 0.1) is 6.04 Å². The summed E-state index contributed by atoms with van der Waals surface area (Å²) in [6.45, 7) is 4.45. The second-order valence-corrected chi connectivity index (χ2v) is 11.1. The van der Waals surface area contributed by atoms with Crippen molar-refractivity contribution in [1.82, 2.24) is 25.8 Å². The van der Waals surface area contributed by atoms with Crippen molar-refractivity contribution in [1.29, 1.82) is 0 Å². The largest absolute Gasteiger partial charge is 0.356 e. The lowest BCUT2D eigenvalue weighted by molar-refractivity contribution is -0.141. The SMILES string of the molecule is CC(C)NC(=O)C(=O)C(CC1CCNC1=O)NC(=O)C1CC(C2CC2)CN1C(=O)c1cc2ccccc2[nH]1. The lowest BCUT2D eigenvalue weighted by Crippen LogP contribution is -2.54. The Kier molecular flexibility index (Phi) is 7.23. The summed E-state index contributed by atoms with van der Waals surface area (Å²) in [4.78, 5) is 69.9. The lowest BCUT2D eigenvalue weighted by Gasteiger charge is -2.26. The maximum atomic E-state index is 13.7. The molecule has 1 saturated carbocycles. The Morgan fingerprint density at radius 1 is 1.05 bits per heavy atom. The number of amides is 4. The van der Waals surface area contributed by atoms with Crippen molar-refractivity contribution in [3.63, 3.8) is 0 Å². The van der Waals surface area contributed by atoms with Crippen molar-refractivity contribution in [3.8, 4) is 0 Å². The number of likely N-dealkylation sites (tertiary alicyclic amines) is 1. The van der Waals surface area contributed by atoms with E-state index in [4.69, 9.17) is 0 Å². The molecule has 10 nitrogen and oxygen atoms in total. The zero-order valence-corrected chi connectivity index (χ0v) is 21.8. The Morgan fingerprint density at radius 2 is 1.82 bits per heavy atom. The van der Waals surface area contributed by atoms with Crippen LogP contribution in [0.1, 0.15) is 56.4 Å². The van der Waals surface area contributed by atoms with Gasteiger partial charge in [-0.2, -0.15) is 0 Å². The quantitative estimate of drug-likeness (QED) is 0.370. The number of rotatable bonds is 9. The number of carbonyl (C=O) groups is 5. The van der Waals surface area contributed by atoms with E-state index in [-0.39, 0.29) is 30.2 Å². The summed E-state index contributed by atoms with van der Waals surface area (Å²) in [6, 6.07) is 7.22. The Morgan fingerprint density at radius 3 is 2.47 bits per heavy atom.